The summed E-state index contributed by atoms with van der Waals surface area (Å²) in [6, 6.07) is 7.39. The third-order valence-corrected chi connectivity index (χ3v) is 4.20. The van der Waals surface area contributed by atoms with Crippen LogP contribution in [0.5, 0.6) is 0 Å². The van der Waals surface area contributed by atoms with Crippen LogP contribution < -0.4 is 5.32 Å². The van der Waals surface area contributed by atoms with E-state index in [1.165, 1.54) is 6.42 Å². The van der Waals surface area contributed by atoms with Crippen molar-refractivity contribution in [1.82, 2.24) is 10.2 Å². The zero-order chi connectivity index (χ0) is 14.4. The second-order valence-corrected chi connectivity index (χ2v) is 5.73. The van der Waals surface area contributed by atoms with E-state index < -0.39 is 0 Å². The molecule has 1 N–H and O–H groups in total. The van der Waals surface area contributed by atoms with Crippen LogP contribution in [0.3, 0.4) is 0 Å². The van der Waals surface area contributed by atoms with Crippen LogP contribution >= 0.6 is 11.8 Å². The molecule has 1 heterocycles. The van der Waals surface area contributed by atoms with Gasteiger partial charge in [-0.05, 0) is 49.8 Å². The molecule has 20 heavy (non-hydrogen) atoms. The predicted molar refractivity (Wildman–Crippen MR) is 81.0 cm³/mol. The van der Waals surface area contributed by atoms with Crippen LogP contribution in [0.25, 0.3) is 0 Å². The molecule has 0 atom stereocenters. The molecule has 1 aromatic rings. The second kappa shape index (κ2) is 7.33. The summed E-state index contributed by atoms with van der Waals surface area (Å²) in [6.45, 7) is 1.72. The van der Waals surface area contributed by atoms with E-state index in [1.54, 1.807) is 23.9 Å². The normalized spacial score (nSPS) is 14.9. The number of nitrogens with one attached hydrogen (secondary N) is 1. The molecule has 0 unspecified atom stereocenters. The van der Waals surface area contributed by atoms with E-state index in [1.807, 2.05) is 23.3 Å². The summed E-state index contributed by atoms with van der Waals surface area (Å²) >= 11 is 1.63. The molecule has 0 spiro atoms. The van der Waals surface area contributed by atoms with Gasteiger partial charge in [0.05, 0.1) is 6.54 Å². The summed E-state index contributed by atoms with van der Waals surface area (Å²) < 4.78 is 0. The van der Waals surface area contributed by atoms with Gasteiger partial charge in [-0.15, -0.1) is 11.8 Å². The van der Waals surface area contributed by atoms with Gasteiger partial charge in [-0.2, -0.15) is 0 Å². The Morgan fingerprint density at radius 3 is 2.40 bits per heavy atom. The first-order valence-electron chi connectivity index (χ1n) is 6.91. The smallest absolute Gasteiger partial charge is 0.251 e. The van der Waals surface area contributed by atoms with Crippen molar-refractivity contribution in [3.8, 4) is 0 Å². The van der Waals surface area contributed by atoms with Gasteiger partial charge >= 0.3 is 0 Å². The first-order chi connectivity index (χ1) is 9.70. The van der Waals surface area contributed by atoms with Gasteiger partial charge in [0.25, 0.3) is 5.91 Å². The molecule has 1 aromatic carbocycles. The Hall–Kier alpha value is -1.49. The molecule has 0 radical (unpaired) electrons. The number of likely N-dealkylation sites (tertiary alicyclic amines) is 1. The van der Waals surface area contributed by atoms with Crippen molar-refractivity contribution in [2.45, 2.75) is 24.2 Å². The van der Waals surface area contributed by atoms with Crippen molar-refractivity contribution in [2.24, 2.45) is 0 Å². The minimum atomic E-state index is -0.192. The quantitative estimate of drug-likeness (QED) is 0.865. The van der Waals surface area contributed by atoms with E-state index >= 15 is 0 Å². The molecule has 4 nitrogen and oxygen atoms in total. The van der Waals surface area contributed by atoms with Gasteiger partial charge in [0.2, 0.25) is 5.91 Å². The average Bonchev–Trinajstić information content (AvgIpc) is 2.53. The summed E-state index contributed by atoms with van der Waals surface area (Å²) in [4.78, 5) is 26.8. The molecule has 0 bridgehead atoms. The highest BCUT2D eigenvalue weighted by Gasteiger charge is 2.17. The Morgan fingerprint density at radius 2 is 1.80 bits per heavy atom. The van der Waals surface area contributed by atoms with Crippen molar-refractivity contribution < 1.29 is 9.59 Å². The Kier molecular flexibility index (Phi) is 5.47. The highest BCUT2D eigenvalue weighted by molar-refractivity contribution is 7.98. The Bertz CT molecular complexity index is 467. The fraction of sp³-hybridized carbons (Fsp3) is 0.467. The molecular weight excluding hydrogens is 272 g/mol. The summed E-state index contributed by atoms with van der Waals surface area (Å²) in [5, 5.41) is 2.70. The zero-order valence-corrected chi connectivity index (χ0v) is 12.5. The Morgan fingerprint density at radius 1 is 1.15 bits per heavy atom. The number of carbonyl (C=O) groups is 2. The van der Waals surface area contributed by atoms with E-state index in [0.717, 1.165) is 30.8 Å². The maximum absolute atomic E-state index is 11.9. The highest BCUT2D eigenvalue weighted by atomic mass is 32.2. The Balaban J connectivity index is 1.83. The first kappa shape index (κ1) is 14.9. The monoisotopic (exact) mass is 292 g/mol. The molecule has 5 heteroatoms. The lowest BCUT2D eigenvalue weighted by Gasteiger charge is -2.26. The fourth-order valence-electron chi connectivity index (χ4n) is 2.26. The van der Waals surface area contributed by atoms with Gasteiger partial charge in [0, 0.05) is 23.5 Å². The molecule has 1 aliphatic rings. The van der Waals surface area contributed by atoms with Gasteiger partial charge in [-0.1, -0.05) is 0 Å². The van der Waals surface area contributed by atoms with E-state index in [2.05, 4.69) is 5.32 Å². The highest BCUT2D eigenvalue weighted by Crippen LogP contribution is 2.14. The van der Waals surface area contributed by atoms with Crippen LogP contribution in [-0.4, -0.2) is 42.6 Å². The number of rotatable bonds is 4. The first-order valence-corrected chi connectivity index (χ1v) is 8.13. The van der Waals surface area contributed by atoms with E-state index in [9.17, 15) is 9.59 Å². The second-order valence-electron chi connectivity index (χ2n) is 4.85. The van der Waals surface area contributed by atoms with E-state index in [0.29, 0.717) is 5.56 Å². The fourth-order valence-corrected chi connectivity index (χ4v) is 2.66. The molecule has 1 aliphatic heterocycles. The number of nitrogens with zero attached hydrogens (tertiary/aromatic N) is 1. The molecule has 1 fully saturated rings. The van der Waals surface area contributed by atoms with E-state index in [4.69, 9.17) is 0 Å². The predicted octanol–water partition coefficient (Wildman–Crippen LogP) is 2.15. The van der Waals surface area contributed by atoms with Crippen LogP contribution in [-0.2, 0) is 4.79 Å². The number of carbonyl (C=O) groups excluding carboxylic acids is 2. The van der Waals surface area contributed by atoms with Gasteiger partial charge in [-0.3, -0.25) is 9.59 Å². The van der Waals surface area contributed by atoms with Crippen LogP contribution in [0.15, 0.2) is 29.2 Å². The average molecular weight is 292 g/mol. The zero-order valence-electron chi connectivity index (χ0n) is 11.7. The molecular formula is C15H20N2O2S. The van der Waals surface area contributed by atoms with Crippen molar-refractivity contribution in [1.29, 1.82) is 0 Å². The largest absolute Gasteiger partial charge is 0.343 e. The number of thioether (sulfide) groups is 1. The number of hydrogen-bond acceptors (Lipinski definition) is 3. The molecule has 0 aromatic heterocycles. The van der Waals surface area contributed by atoms with Crippen LogP contribution in [0.4, 0.5) is 0 Å². The third-order valence-electron chi connectivity index (χ3n) is 3.46. The van der Waals surface area contributed by atoms with Crippen molar-refractivity contribution >= 4 is 23.6 Å². The maximum Gasteiger partial charge on any atom is 0.251 e. The summed E-state index contributed by atoms with van der Waals surface area (Å²) in [5.74, 6) is -0.179. The molecule has 0 saturated carbocycles. The number of piperidine rings is 1. The van der Waals surface area contributed by atoms with Crippen molar-refractivity contribution in [3.63, 3.8) is 0 Å². The SMILES string of the molecule is CSc1ccc(C(=O)NCC(=O)N2CCCCC2)cc1. The minimum Gasteiger partial charge on any atom is -0.343 e. The standard InChI is InChI=1S/C15H20N2O2S/c1-20-13-7-5-12(6-8-13)15(19)16-11-14(18)17-9-3-2-4-10-17/h5-8H,2-4,9-11H2,1H3,(H,16,19). The lowest BCUT2D eigenvalue weighted by molar-refractivity contribution is -0.130. The number of hydrogen-bond donors (Lipinski definition) is 1. The lowest BCUT2D eigenvalue weighted by atomic mass is 10.1. The van der Waals surface area contributed by atoms with Crippen LogP contribution in [0.1, 0.15) is 29.6 Å². The van der Waals surface area contributed by atoms with Crippen LogP contribution in [0, 0.1) is 0 Å². The van der Waals surface area contributed by atoms with Gasteiger partial charge in [-0.25, -0.2) is 0 Å². The topological polar surface area (TPSA) is 49.4 Å². The maximum atomic E-state index is 11.9. The minimum absolute atomic E-state index is 0.0128. The number of amides is 2. The Labute approximate surface area is 123 Å². The van der Waals surface area contributed by atoms with Crippen molar-refractivity contribution in [3.05, 3.63) is 29.8 Å². The van der Waals surface area contributed by atoms with Gasteiger partial charge in [0.15, 0.2) is 0 Å². The van der Waals surface area contributed by atoms with Gasteiger partial charge < -0.3 is 10.2 Å². The lowest BCUT2D eigenvalue weighted by Crippen LogP contribution is -2.42. The summed E-state index contributed by atoms with van der Waals surface area (Å²) in [7, 11) is 0. The third kappa shape index (κ3) is 4.00. The summed E-state index contributed by atoms with van der Waals surface area (Å²) in [6.07, 6.45) is 5.32. The van der Waals surface area contributed by atoms with Crippen molar-refractivity contribution in [2.75, 3.05) is 25.9 Å². The molecule has 108 valence electrons. The van der Waals surface area contributed by atoms with Gasteiger partial charge in [0.1, 0.15) is 0 Å². The summed E-state index contributed by atoms with van der Waals surface area (Å²) in [5.41, 5.74) is 0.592. The van der Waals surface area contributed by atoms with Crippen LogP contribution in [0.2, 0.25) is 0 Å². The molecule has 2 amide bonds. The molecule has 1 saturated heterocycles. The molecule has 0 aliphatic carbocycles. The van der Waals surface area contributed by atoms with E-state index in [-0.39, 0.29) is 18.4 Å². The molecule has 2 rings (SSSR count). The number of benzene rings is 1.